The van der Waals surface area contributed by atoms with Gasteiger partial charge in [-0.1, -0.05) is 42.5 Å². The van der Waals surface area contributed by atoms with E-state index in [1.807, 2.05) is 49.4 Å². The topological polar surface area (TPSA) is 62.7 Å². The Hall–Kier alpha value is -3.34. The van der Waals surface area contributed by atoms with Crippen molar-refractivity contribution in [3.63, 3.8) is 0 Å². The summed E-state index contributed by atoms with van der Waals surface area (Å²) >= 11 is 0. The number of nitrogens with one attached hydrogen (secondary N) is 2. The minimum atomic E-state index is -0.0709. The molecule has 0 saturated carbocycles. The van der Waals surface area contributed by atoms with Gasteiger partial charge in [-0.25, -0.2) is 0 Å². The number of fused-ring (bicyclic) bond motifs is 1. The lowest BCUT2D eigenvalue weighted by Gasteiger charge is -2.06. The van der Waals surface area contributed by atoms with E-state index in [4.69, 9.17) is 0 Å². The summed E-state index contributed by atoms with van der Waals surface area (Å²) in [6.07, 6.45) is 0.337. The predicted molar refractivity (Wildman–Crippen MR) is 109 cm³/mol. The third-order valence-electron chi connectivity index (χ3n) is 4.86. The molecule has 4 rings (SSSR count). The van der Waals surface area contributed by atoms with Gasteiger partial charge in [0.2, 0.25) is 5.91 Å². The molecule has 0 fully saturated rings. The van der Waals surface area contributed by atoms with Gasteiger partial charge in [0, 0.05) is 23.5 Å². The normalized spacial score (nSPS) is 11.0. The Labute approximate surface area is 158 Å². The van der Waals surface area contributed by atoms with Gasteiger partial charge in [0.15, 0.2) is 5.82 Å². The lowest BCUT2D eigenvalue weighted by Crippen LogP contribution is -2.15. The van der Waals surface area contributed by atoms with E-state index in [1.54, 1.807) is 0 Å². The van der Waals surface area contributed by atoms with Crippen molar-refractivity contribution in [1.29, 1.82) is 0 Å². The summed E-state index contributed by atoms with van der Waals surface area (Å²) in [5.74, 6) is 0.467. The van der Waals surface area contributed by atoms with Gasteiger partial charge in [-0.2, -0.15) is 5.10 Å². The van der Waals surface area contributed by atoms with Crippen molar-refractivity contribution >= 4 is 22.6 Å². The first-order valence-electron chi connectivity index (χ1n) is 9.14. The average molecular weight is 358 g/mol. The highest BCUT2D eigenvalue weighted by Crippen LogP contribution is 2.28. The molecule has 0 saturated heterocycles. The molecule has 2 aromatic heterocycles. The molecule has 27 heavy (non-hydrogen) atoms. The molecule has 2 heterocycles. The number of H-pyrrole nitrogens is 1. The zero-order valence-corrected chi connectivity index (χ0v) is 15.5. The van der Waals surface area contributed by atoms with Crippen LogP contribution in [0.25, 0.3) is 22.3 Å². The number of hydrogen-bond acceptors (Lipinski definition) is 2. The van der Waals surface area contributed by atoms with Gasteiger partial charge in [-0.15, -0.1) is 0 Å². The van der Waals surface area contributed by atoms with E-state index >= 15 is 0 Å². The Kier molecular flexibility index (Phi) is 4.50. The lowest BCUT2D eigenvalue weighted by molar-refractivity contribution is -0.115. The lowest BCUT2D eigenvalue weighted by atomic mass is 10.1. The molecule has 0 unspecified atom stereocenters. The van der Waals surface area contributed by atoms with E-state index in [0.717, 1.165) is 29.1 Å². The summed E-state index contributed by atoms with van der Waals surface area (Å²) in [6, 6.07) is 20.2. The second-order valence-electron chi connectivity index (χ2n) is 6.65. The summed E-state index contributed by atoms with van der Waals surface area (Å²) < 4.78 is 2.24. The first-order valence-corrected chi connectivity index (χ1v) is 9.14. The van der Waals surface area contributed by atoms with Crippen LogP contribution in [0.2, 0.25) is 0 Å². The second kappa shape index (κ2) is 7.11. The van der Waals surface area contributed by atoms with E-state index < -0.39 is 0 Å². The molecule has 2 aromatic carbocycles. The minimum absolute atomic E-state index is 0.0709. The number of hydrogen-bond donors (Lipinski definition) is 2. The van der Waals surface area contributed by atoms with Crippen LogP contribution >= 0.6 is 0 Å². The number of carbonyl (C=O) groups is 1. The van der Waals surface area contributed by atoms with Crippen molar-refractivity contribution < 1.29 is 4.79 Å². The maximum absolute atomic E-state index is 12.4. The molecule has 1 amide bonds. The Balaban J connectivity index is 1.55. The predicted octanol–water partition coefficient (Wildman–Crippen LogP) is 4.54. The van der Waals surface area contributed by atoms with E-state index in [2.05, 4.69) is 45.2 Å². The Morgan fingerprint density at radius 1 is 1.11 bits per heavy atom. The van der Waals surface area contributed by atoms with E-state index in [1.165, 1.54) is 10.9 Å². The molecular weight excluding hydrogens is 336 g/mol. The van der Waals surface area contributed by atoms with Crippen LogP contribution in [0.5, 0.6) is 0 Å². The summed E-state index contributed by atoms with van der Waals surface area (Å²) in [5, 5.41) is 11.4. The average Bonchev–Trinajstić information content (AvgIpc) is 3.27. The number of para-hydroxylation sites is 1. The molecule has 5 heteroatoms. The van der Waals surface area contributed by atoms with Gasteiger partial charge in [0.05, 0.1) is 17.8 Å². The number of aromatic nitrogens is 3. The van der Waals surface area contributed by atoms with Gasteiger partial charge in [0.25, 0.3) is 0 Å². The van der Waals surface area contributed by atoms with Crippen molar-refractivity contribution in [2.24, 2.45) is 0 Å². The number of aryl methyl sites for hydroxylation is 2. The van der Waals surface area contributed by atoms with E-state index in [0.29, 0.717) is 12.2 Å². The highest BCUT2D eigenvalue weighted by Gasteiger charge is 2.13. The Morgan fingerprint density at radius 3 is 2.70 bits per heavy atom. The highest BCUT2D eigenvalue weighted by molar-refractivity contribution is 5.92. The number of rotatable bonds is 5. The van der Waals surface area contributed by atoms with Crippen LogP contribution in [-0.4, -0.2) is 20.7 Å². The standard InChI is InChI=1S/C22H22N4O/c1-3-26-19-11-7-6-10-17(19)12-20(26)18-14-21(25-24-18)23-22(27)13-16-9-5-4-8-15(16)2/h4-12,14H,3,13H2,1-2H3,(H2,23,24,25,27). The molecule has 136 valence electrons. The molecule has 5 nitrogen and oxygen atoms in total. The van der Waals surface area contributed by atoms with Gasteiger partial charge in [-0.05, 0) is 37.1 Å². The summed E-state index contributed by atoms with van der Waals surface area (Å²) in [4.78, 5) is 12.4. The fraction of sp³-hybridized carbons (Fsp3) is 0.182. The quantitative estimate of drug-likeness (QED) is 0.550. The molecule has 0 aliphatic rings. The molecule has 0 bridgehead atoms. The number of nitrogens with zero attached hydrogens (tertiary/aromatic N) is 2. The second-order valence-corrected chi connectivity index (χ2v) is 6.65. The molecule has 0 aliphatic heterocycles. The monoisotopic (exact) mass is 358 g/mol. The fourth-order valence-electron chi connectivity index (χ4n) is 3.46. The van der Waals surface area contributed by atoms with Crippen molar-refractivity contribution in [3.8, 4) is 11.4 Å². The highest BCUT2D eigenvalue weighted by atomic mass is 16.1. The van der Waals surface area contributed by atoms with E-state index in [-0.39, 0.29) is 5.91 Å². The van der Waals surface area contributed by atoms with Crippen LogP contribution in [0.1, 0.15) is 18.1 Å². The van der Waals surface area contributed by atoms with Crippen LogP contribution in [0.15, 0.2) is 60.7 Å². The van der Waals surface area contributed by atoms with Crippen LogP contribution in [-0.2, 0) is 17.8 Å². The third-order valence-corrected chi connectivity index (χ3v) is 4.86. The number of benzene rings is 2. The molecule has 0 spiro atoms. The van der Waals surface area contributed by atoms with E-state index in [9.17, 15) is 4.79 Å². The number of anilines is 1. The summed E-state index contributed by atoms with van der Waals surface area (Å²) in [6.45, 7) is 4.99. The molecule has 0 aliphatic carbocycles. The summed E-state index contributed by atoms with van der Waals surface area (Å²) in [5.41, 5.74) is 5.28. The molecule has 2 N–H and O–H groups in total. The zero-order valence-electron chi connectivity index (χ0n) is 15.5. The van der Waals surface area contributed by atoms with Crippen molar-refractivity contribution in [2.45, 2.75) is 26.8 Å². The van der Waals surface area contributed by atoms with Gasteiger partial charge >= 0.3 is 0 Å². The smallest absolute Gasteiger partial charge is 0.230 e. The van der Waals surface area contributed by atoms with Gasteiger partial charge < -0.3 is 9.88 Å². The largest absolute Gasteiger partial charge is 0.340 e. The van der Waals surface area contributed by atoms with Crippen molar-refractivity contribution in [2.75, 3.05) is 5.32 Å². The number of carbonyl (C=O) groups excluding carboxylic acids is 1. The molecular formula is C22H22N4O. The zero-order chi connectivity index (χ0) is 18.8. The fourth-order valence-corrected chi connectivity index (χ4v) is 3.46. The maximum Gasteiger partial charge on any atom is 0.230 e. The SMILES string of the molecule is CCn1c(-c2cc(NC(=O)Cc3ccccc3C)n[nH]2)cc2ccccc21. The number of amides is 1. The maximum atomic E-state index is 12.4. The van der Waals surface area contributed by atoms with Crippen LogP contribution < -0.4 is 5.32 Å². The number of aromatic amines is 1. The Morgan fingerprint density at radius 2 is 1.89 bits per heavy atom. The first-order chi connectivity index (χ1) is 13.2. The molecule has 4 aromatic rings. The molecule has 0 radical (unpaired) electrons. The minimum Gasteiger partial charge on any atom is -0.340 e. The van der Waals surface area contributed by atoms with Crippen LogP contribution in [0.3, 0.4) is 0 Å². The molecule has 0 atom stereocenters. The Bertz CT molecular complexity index is 1110. The summed E-state index contributed by atoms with van der Waals surface area (Å²) in [7, 11) is 0. The van der Waals surface area contributed by atoms with Crippen LogP contribution in [0, 0.1) is 6.92 Å². The third kappa shape index (κ3) is 3.36. The van der Waals surface area contributed by atoms with Crippen molar-refractivity contribution in [3.05, 3.63) is 71.8 Å². The van der Waals surface area contributed by atoms with Gasteiger partial charge in [0.1, 0.15) is 0 Å². The van der Waals surface area contributed by atoms with Gasteiger partial charge in [-0.3, -0.25) is 9.89 Å². The van der Waals surface area contributed by atoms with Crippen molar-refractivity contribution in [1.82, 2.24) is 14.8 Å². The van der Waals surface area contributed by atoms with Crippen LogP contribution in [0.4, 0.5) is 5.82 Å². The first kappa shape index (κ1) is 17.1.